The van der Waals surface area contributed by atoms with Crippen LogP contribution in [0.3, 0.4) is 0 Å². The quantitative estimate of drug-likeness (QED) is 0.776. The maximum Gasteiger partial charge on any atom is 0.263 e. The van der Waals surface area contributed by atoms with Crippen LogP contribution in [-0.4, -0.2) is 23.9 Å². The molecule has 1 saturated heterocycles. The van der Waals surface area contributed by atoms with Crippen LogP contribution in [0, 0.1) is 13.8 Å². The van der Waals surface area contributed by atoms with E-state index in [0.29, 0.717) is 10.7 Å². The van der Waals surface area contributed by atoms with E-state index in [1.165, 1.54) is 5.01 Å². The van der Waals surface area contributed by atoms with Crippen molar-refractivity contribution >= 4 is 34.8 Å². The third kappa shape index (κ3) is 2.41. The zero-order valence-corrected chi connectivity index (χ0v) is 14.4. The van der Waals surface area contributed by atoms with Crippen LogP contribution in [0.5, 0.6) is 0 Å². The molecule has 4 rings (SSSR count). The Balaban J connectivity index is 1.71. The summed E-state index contributed by atoms with van der Waals surface area (Å²) in [4.78, 5) is 26.8. The Kier molecular flexibility index (Phi) is 3.58. The molecule has 2 amide bonds. The molecular formula is C18H15ClN4O2. The zero-order chi connectivity index (χ0) is 17.7. The number of halogens is 1. The topological polar surface area (TPSA) is 65.3 Å². The number of hydrogen-bond acceptors (Lipinski definition) is 5. The fourth-order valence-electron chi connectivity index (χ4n) is 3.11. The highest BCUT2D eigenvalue weighted by molar-refractivity contribution is 6.31. The summed E-state index contributed by atoms with van der Waals surface area (Å²) in [5, 5.41) is 10.1. The Morgan fingerprint density at radius 2 is 1.76 bits per heavy atom. The molecule has 0 aliphatic carbocycles. The number of aryl methyl sites for hydroxylation is 2. The average molecular weight is 355 g/mol. The molecule has 0 radical (unpaired) electrons. The van der Waals surface area contributed by atoms with Crippen molar-refractivity contribution in [3.8, 4) is 0 Å². The number of anilines is 2. The molecule has 0 bridgehead atoms. The maximum absolute atomic E-state index is 12.9. The molecule has 0 N–H and O–H groups in total. The molecule has 2 heterocycles. The molecule has 2 atom stereocenters. The van der Waals surface area contributed by atoms with Crippen LogP contribution in [-0.2, 0) is 9.59 Å². The lowest BCUT2D eigenvalue weighted by Crippen LogP contribution is -2.40. The standard InChI is InChI=1S/C18H15ClN4O2/c1-10-6-7-14(8-11(10)2)23-16-15(20-21-23)17(24)22(18(16)25)13-5-3-4-12(19)9-13/h3-9,15-16H,1-2H3/t15-,16-/m0/s1. The van der Waals surface area contributed by atoms with Gasteiger partial charge in [-0.2, -0.15) is 5.11 Å². The minimum atomic E-state index is -0.826. The van der Waals surface area contributed by atoms with Gasteiger partial charge >= 0.3 is 0 Å². The lowest BCUT2D eigenvalue weighted by Gasteiger charge is -2.21. The summed E-state index contributed by atoms with van der Waals surface area (Å²) in [6, 6.07) is 10.9. The zero-order valence-electron chi connectivity index (χ0n) is 13.7. The summed E-state index contributed by atoms with van der Waals surface area (Å²) in [7, 11) is 0. The minimum absolute atomic E-state index is 0.347. The van der Waals surface area contributed by atoms with Gasteiger partial charge in [0.1, 0.15) is 0 Å². The van der Waals surface area contributed by atoms with E-state index in [1.54, 1.807) is 24.3 Å². The highest BCUT2D eigenvalue weighted by atomic mass is 35.5. The first-order valence-corrected chi connectivity index (χ1v) is 8.26. The third-order valence-electron chi connectivity index (χ3n) is 4.60. The number of amides is 2. The number of nitrogens with zero attached hydrogens (tertiary/aromatic N) is 4. The molecule has 6 nitrogen and oxygen atoms in total. The first kappa shape index (κ1) is 15.8. The first-order chi connectivity index (χ1) is 12.0. The normalized spacial score (nSPS) is 22.0. The molecule has 0 unspecified atom stereocenters. The van der Waals surface area contributed by atoms with Gasteiger partial charge in [0, 0.05) is 5.02 Å². The molecular weight excluding hydrogens is 340 g/mol. The third-order valence-corrected chi connectivity index (χ3v) is 4.84. The van der Waals surface area contributed by atoms with Gasteiger partial charge < -0.3 is 0 Å². The monoisotopic (exact) mass is 354 g/mol. The molecule has 0 saturated carbocycles. The van der Waals surface area contributed by atoms with Crippen molar-refractivity contribution < 1.29 is 9.59 Å². The Bertz CT molecular complexity index is 927. The van der Waals surface area contributed by atoms with E-state index >= 15 is 0 Å². The van der Waals surface area contributed by atoms with Gasteiger partial charge in [0.15, 0.2) is 12.1 Å². The summed E-state index contributed by atoms with van der Waals surface area (Å²) < 4.78 is 0. The summed E-state index contributed by atoms with van der Waals surface area (Å²) in [5.74, 6) is -0.729. The van der Waals surface area contributed by atoms with Crippen LogP contribution in [0.1, 0.15) is 11.1 Å². The first-order valence-electron chi connectivity index (χ1n) is 7.88. The smallest absolute Gasteiger partial charge is 0.263 e. The summed E-state index contributed by atoms with van der Waals surface area (Å²) in [6.07, 6.45) is 0. The van der Waals surface area contributed by atoms with Crippen molar-refractivity contribution in [1.82, 2.24) is 0 Å². The molecule has 0 aromatic heterocycles. The SMILES string of the molecule is Cc1ccc(N2N=N[C@@H]3C(=O)N(c4cccc(Cl)c4)C(=O)[C@H]32)cc1C. The second-order valence-corrected chi connectivity index (χ2v) is 6.64. The lowest BCUT2D eigenvalue weighted by atomic mass is 10.1. The Morgan fingerprint density at radius 1 is 0.960 bits per heavy atom. The molecule has 2 aliphatic rings. The van der Waals surface area contributed by atoms with Crippen LogP contribution in [0.15, 0.2) is 52.8 Å². The van der Waals surface area contributed by atoms with Gasteiger partial charge in [-0.3, -0.25) is 9.59 Å². The molecule has 126 valence electrons. The van der Waals surface area contributed by atoms with Crippen molar-refractivity contribution in [2.24, 2.45) is 10.3 Å². The lowest BCUT2D eigenvalue weighted by molar-refractivity contribution is -0.121. The van der Waals surface area contributed by atoms with Gasteiger partial charge in [-0.25, -0.2) is 9.91 Å². The van der Waals surface area contributed by atoms with Gasteiger partial charge in [0.25, 0.3) is 11.8 Å². The number of benzene rings is 2. The fraction of sp³-hybridized carbons (Fsp3) is 0.222. The van der Waals surface area contributed by atoms with Crippen molar-refractivity contribution in [1.29, 1.82) is 0 Å². The molecule has 7 heteroatoms. The van der Waals surface area contributed by atoms with E-state index in [-0.39, 0.29) is 11.8 Å². The van der Waals surface area contributed by atoms with E-state index in [9.17, 15) is 9.59 Å². The molecule has 1 fully saturated rings. The maximum atomic E-state index is 12.9. The highest BCUT2D eigenvalue weighted by Crippen LogP contribution is 2.35. The Labute approximate surface area is 149 Å². The molecule has 2 aromatic rings. The fourth-order valence-corrected chi connectivity index (χ4v) is 3.30. The second-order valence-electron chi connectivity index (χ2n) is 6.20. The second kappa shape index (κ2) is 5.67. The van der Waals surface area contributed by atoms with Crippen molar-refractivity contribution in [2.75, 3.05) is 9.91 Å². The van der Waals surface area contributed by atoms with Crippen LogP contribution >= 0.6 is 11.6 Å². The predicted octanol–water partition coefficient (Wildman–Crippen LogP) is 3.45. The minimum Gasteiger partial charge on any atom is -0.271 e. The number of fused-ring (bicyclic) bond motifs is 1. The summed E-state index contributed by atoms with van der Waals surface area (Å²) >= 11 is 5.99. The highest BCUT2D eigenvalue weighted by Gasteiger charge is 2.55. The van der Waals surface area contributed by atoms with E-state index in [4.69, 9.17) is 11.6 Å². The molecule has 0 spiro atoms. The largest absolute Gasteiger partial charge is 0.271 e. The molecule has 25 heavy (non-hydrogen) atoms. The van der Waals surface area contributed by atoms with Crippen LogP contribution < -0.4 is 9.91 Å². The van der Waals surface area contributed by atoms with E-state index in [1.807, 2.05) is 32.0 Å². The number of imide groups is 1. The van der Waals surface area contributed by atoms with E-state index in [0.717, 1.165) is 21.7 Å². The van der Waals surface area contributed by atoms with Crippen LogP contribution in [0.2, 0.25) is 5.02 Å². The number of hydrogen-bond donors (Lipinski definition) is 0. The molecule has 2 aliphatic heterocycles. The average Bonchev–Trinajstić information content (AvgIpc) is 3.11. The molecule has 2 aromatic carbocycles. The summed E-state index contributed by atoms with van der Waals surface area (Å²) in [6.45, 7) is 4.00. The van der Waals surface area contributed by atoms with Gasteiger partial charge in [0.05, 0.1) is 11.4 Å². The number of carbonyl (C=O) groups excluding carboxylic acids is 2. The number of carbonyl (C=O) groups is 2. The van der Waals surface area contributed by atoms with Crippen molar-refractivity contribution in [2.45, 2.75) is 25.9 Å². The van der Waals surface area contributed by atoms with Gasteiger partial charge in [-0.1, -0.05) is 29.0 Å². The Morgan fingerprint density at radius 3 is 2.48 bits per heavy atom. The number of rotatable bonds is 2. The van der Waals surface area contributed by atoms with Crippen LogP contribution in [0.25, 0.3) is 0 Å². The summed E-state index contributed by atoms with van der Waals surface area (Å²) in [5.41, 5.74) is 3.42. The Hall–Kier alpha value is -2.73. The van der Waals surface area contributed by atoms with Gasteiger partial charge in [-0.15, -0.1) is 0 Å². The van der Waals surface area contributed by atoms with E-state index in [2.05, 4.69) is 10.3 Å². The van der Waals surface area contributed by atoms with Crippen LogP contribution in [0.4, 0.5) is 11.4 Å². The van der Waals surface area contributed by atoms with Gasteiger partial charge in [0.2, 0.25) is 0 Å². The van der Waals surface area contributed by atoms with E-state index < -0.39 is 12.1 Å². The predicted molar refractivity (Wildman–Crippen MR) is 94.8 cm³/mol. The van der Waals surface area contributed by atoms with Crippen molar-refractivity contribution in [3.05, 3.63) is 58.6 Å². The van der Waals surface area contributed by atoms with Crippen molar-refractivity contribution in [3.63, 3.8) is 0 Å². The van der Waals surface area contributed by atoms with Gasteiger partial charge in [-0.05, 0) is 55.3 Å².